The van der Waals surface area contributed by atoms with Crippen LogP contribution in [0.4, 0.5) is 22.0 Å². The first-order chi connectivity index (χ1) is 22.2. The number of aromatic nitrogens is 4. The summed E-state index contributed by atoms with van der Waals surface area (Å²) < 4.78 is 34.8. The van der Waals surface area contributed by atoms with Crippen molar-refractivity contribution in [3.8, 4) is 11.5 Å². The van der Waals surface area contributed by atoms with Crippen LogP contribution in [-0.4, -0.2) is 84.1 Å². The molecule has 2 aliphatic rings. The number of aryl methyl sites for hydroxylation is 2. The molecule has 2 fully saturated rings. The van der Waals surface area contributed by atoms with Crippen molar-refractivity contribution >= 4 is 28.6 Å². The lowest BCUT2D eigenvalue weighted by Gasteiger charge is -2.35. The van der Waals surface area contributed by atoms with Crippen LogP contribution in [0.15, 0.2) is 35.4 Å². The molecule has 4 heterocycles. The lowest BCUT2D eigenvalue weighted by molar-refractivity contribution is 0.0774. The molecule has 13 heteroatoms. The molecule has 0 amide bonds. The fraction of sp³-hybridized carbons (Fsp3) is 0.455. The number of methoxy groups -OCH3 is 1. The van der Waals surface area contributed by atoms with Crippen LogP contribution in [0.25, 0.3) is 11.0 Å². The van der Waals surface area contributed by atoms with Gasteiger partial charge in [-0.3, -0.25) is 9.69 Å². The number of rotatable bonds is 12. The van der Waals surface area contributed by atoms with E-state index in [0.29, 0.717) is 85.1 Å². The Bertz CT molecular complexity index is 1790. The van der Waals surface area contributed by atoms with Crippen molar-refractivity contribution in [1.29, 1.82) is 0 Å². The van der Waals surface area contributed by atoms with Gasteiger partial charge in [0.15, 0.2) is 28.6 Å². The average molecular weight is 633 g/mol. The van der Waals surface area contributed by atoms with E-state index in [1.54, 1.807) is 20.2 Å². The summed E-state index contributed by atoms with van der Waals surface area (Å²) in [6, 6.07) is 5.65. The molecule has 0 spiro atoms. The Balaban J connectivity index is 0.964. The van der Waals surface area contributed by atoms with E-state index < -0.39 is 5.82 Å². The fourth-order valence-electron chi connectivity index (χ4n) is 5.95. The van der Waals surface area contributed by atoms with Crippen LogP contribution in [0.3, 0.4) is 0 Å². The second kappa shape index (κ2) is 13.5. The zero-order valence-electron chi connectivity index (χ0n) is 26.6. The molecule has 0 unspecified atom stereocenters. The SMILES string of the molecule is COc1cc(Cc2cnc(N)nc2N)cc(C)c1OCCOCCN1CCN(c2nc3c(cc2F)c(=O)c(C)cn3C2CC2)CC1. The first-order valence-electron chi connectivity index (χ1n) is 15.7. The molecule has 0 atom stereocenters. The third-order valence-electron chi connectivity index (χ3n) is 8.59. The maximum Gasteiger partial charge on any atom is 0.221 e. The smallest absolute Gasteiger partial charge is 0.221 e. The minimum Gasteiger partial charge on any atom is -0.493 e. The van der Waals surface area contributed by atoms with Gasteiger partial charge in [0.1, 0.15) is 18.1 Å². The van der Waals surface area contributed by atoms with Crippen LogP contribution >= 0.6 is 0 Å². The van der Waals surface area contributed by atoms with Crippen LogP contribution in [0.1, 0.15) is 41.1 Å². The fourth-order valence-corrected chi connectivity index (χ4v) is 5.95. The van der Waals surface area contributed by atoms with Gasteiger partial charge in [-0.05, 0) is 49.9 Å². The number of piperazine rings is 1. The number of fused-ring (bicyclic) bond motifs is 1. The molecule has 4 aromatic rings. The molecule has 1 aliphatic carbocycles. The second-order valence-corrected chi connectivity index (χ2v) is 12.0. The number of nitrogens with zero attached hydrogens (tertiary/aromatic N) is 6. The standard InChI is InChI=1S/C33H41FN8O4/c1-20-14-22(15-23-18-37-33(36)38-30(23)35)16-27(44-3)29(20)46-13-12-45-11-10-40-6-8-41(9-7-40)32-26(34)17-25-28(43)21(2)19-42(24-4-5-24)31(25)39-32/h14,16-19,24H,4-13,15H2,1-3H3,(H4,35,36,37,38). The summed E-state index contributed by atoms with van der Waals surface area (Å²) in [6.07, 6.45) is 6.15. The Labute approximate surface area is 267 Å². The normalized spacial score (nSPS) is 15.4. The lowest BCUT2D eigenvalue weighted by Crippen LogP contribution is -2.48. The molecular weight excluding hydrogens is 591 g/mol. The van der Waals surface area contributed by atoms with Crippen LogP contribution in [0, 0.1) is 19.7 Å². The van der Waals surface area contributed by atoms with Gasteiger partial charge in [-0.2, -0.15) is 4.98 Å². The maximum absolute atomic E-state index is 15.2. The number of nitrogens with two attached hydrogens (primary N) is 2. The number of hydrogen-bond donors (Lipinski definition) is 2. The van der Waals surface area contributed by atoms with E-state index in [-0.39, 0.29) is 11.4 Å². The first kappa shape index (κ1) is 31.5. The molecule has 1 saturated heterocycles. The van der Waals surface area contributed by atoms with Gasteiger partial charge in [-0.1, -0.05) is 6.07 Å². The predicted octanol–water partition coefficient (Wildman–Crippen LogP) is 3.26. The summed E-state index contributed by atoms with van der Waals surface area (Å²) in [4.78, 5) is 29.7. The lowest BCUT2D eigenvalue weighted by atomic mass is 10.0. The Morgan fingerprint density at radius 2 is 1.78 bits per heavy atom. The highest BCUT2D eigenvalue weighted by Gasteiger charge is 2.28. The summed E-state index contributed by atoms with van der Waals surface area (Å²) >= 11 is 0. The maximum atomic E-state index is 15.2. The molecule has 1 saturated carbocycles. The summed E-state index contributed by atoms with van der Waals surface area (Å²) in [7, 11) is 1.61. The molecule has 12 nitrogen and oxygen atoms in total. The topological polar surface area (TPSA) is 147 Å². The van der Waals surface area contributed by atoms with Crippen molar-refractivity contribution in [2.45, 2.75) is 39.2 Å². The van der Waals surface area contributed by atoms with E-state index >= 15 is 4.39 Å². The predicted molar refractivity (Wildman–Crippen MR) is 175 cm³/mol. The van der Waals surface area contributed by atoms with Gasteiger partial charge in [0, 0.05) is 68.7 Å². The van der Waals surface area contributed by atoms with Gasteiger partial charge in [-0.25, -0.2) is 14.4 Å². The number of hydrogen-bond acceptors (Lipinski definition) is 11. The van der Waals surface area contributed by atoms with Gasteiger partial charge in [0.2, 0.25) is 5.95 Å². The van der Waals surface area contributed by atoms with Gasteiger partial charge >= 0.3 is 0 Å². The number of anilines is 3. The van der Waals surface area contributed by atoms with Gasteiger partial charge in [0.05, 0.1) is 25.7 Å². The Morgan fingerprint density at radius 3 is 2.50 bits per heavy atom. The first-order valence-corrected chi connectivity index (χ1v) is 15.7. The molecule has 0 bridgehead atoms. The minimum atomic E-state index is -0.447. The zero-order valence-corrected chi connectivity index (χ0v) is 26.6. The molecular formula is C33H41FN8O4. The number of halogens is 1. The highest BCUT2D eigenvalue weighted by atomic mass is 19.1. The Kier molecular flexibility index (Phi) is 9.22. The summed E-state index contributed by atoms with van der Waals surface area (Å²) in [5, 5.41) is 0.356. The average Bonchev–Trinajstić information content (AvgIpc) is 3.88. The Hall–Kier alpha value is -4.49. The quantitative estimate of drug-likeness (QED) is 0.222. The van der Waals surface area contributed by atoms with Crippen molar-refractivity contribution in [3.05, 3.63) is 68.9 Å². The molecule has 46 heavy (non-hydrogen) atoms. The summed E-state index contributed by atoms with van der Waals surface area (Å²) in [5.74, 6) is 1.68. The van der Waals surface area contributed by atoms with Crippen LogP contribution < -0.4 is 31.3 Å². The van der Waals surface area contributed by atoms with Gasteiger partial charge in [0.25, 0.3) is 0 Å². The van der Waals surface area contributed by atoms with Crippen molar-refractivity contribution in [2.75, 3.05) is 76.0 Å². The molecule has 3 aromatic heterocycles. The second-order valence-electron chi connectivity index (χ2n) is 12.0. The Morgan fingerprint density at radius 1 is 1.00 bits per heavy atom. The van der Waals surface area contributed by atoms with Crippen LogP contribution in [0.5, 0.6) is 11.5 Å². The minimum absolute atomic E-state index is 0.146. The van der Waals surface area contributed by atoms with Crippen molar-refractivity contribution in [2.24, 2.45) is 0 Å². The van der Waals surface area contributed by atoms with E-state index in [0.717, 1.165) is 49.2 Å². The molecule has 4 N–H and O–H groups in total. The number of benzene rings is 1. The highest BCUT2D eigenvalue weighted by Crippen LogP contribution is 2.37. The molecule has 244 valence electrons. The number of nitrogen functional groups attached to an aromatic ring is 2. The number of ether oxygens (including phenoxy) is 3. The van der Waals surface area contributed by atoms with Crippen LogP contribution in [-0.2, 0) is 11.2 Å². The molecule has 0 radical (unpaired) electrons. The van der Waals surface area contributed by atoms with Gasteiger partial charge in [-0.15, -0.1) is 0 Å². The molecule has 1 aromatic carbocycles. The zero-order chi connectivity index (χ0) is 32.4. The largest absolute Gasteiger partial charge is 0.493 e. The monoisotopic (exact) mass is 632 g/mol. The van der Waals surface area contributed by atoms with Gasteiger partial charge < -0.3 is 35.1 Å². The van der Waals surface area contributed by atoms with E-state index in [1.807, 2.05) is 34.7 Å². The van der Waals surface area contributed by atoms with Crippen molar-refractivity contribution < 1.29 is 18.6 Å². The van der Waals surface area contributed by atoms with E-state index in [4.69, 9.17) is 25.7 Å². The van der Waals surface area contributed by atoms with E-state index in [9.17, 15) is 4.79 Å². The third-order valence-corrected chi connectivity index (χ3v) is 8.59. The van der Waals surface area contributed by atoms with Crippen LogP contribution in [0.2, 0.25) is 0 Å². The number of pyridine rings is 2. The van der Waals surface area contributed by atoms with E-state index in [1.165, 1.54) is 6.07 Å². The molecule has 6 rings (SSSR count). The van der Waals surface area contributed by atoms with Crippen molar-refractivity contribution in [1.82, 2.24) is 24.4 Å². The highest BCUT2D eigenvalue weighted by molar-refractivity contribution is 5.78. The third kappa shape index (κ3) is 6.85. The van der Waals surface area contributed by atoms with E-state index in [2.05, 4.69) is 19.9 Å². The molecule has 1 aliphatic heterocycles. The van der Waals surface area contributed by atoms with Crippen molar-refractivity contribution in [3.63, 3.8) is 0 Å². The summed E-state index contributed by atoms with van der Waals surface area (Å²) in [5.41, 5.74) is 15.4. The summed E-state index contributed by atoms with van der Waals surface area (Å²) in [6.45, 7) is 8.68.